The fraction of sp³-hybridized carbons (Fsp3) is 0.357. The molecule has 0 aliphatic heterocycles. The van der Waals surface area contributed by atoms with Crippen LogP contribution in [-0.2, 0) is 11.3 Å². The highest BCUT2D eigenvalue weighted by molar-refractivity contribution is 7.17. The van der Waals surface area contributed by atoms with E-state index in [4.69, 9.17) is 4.74 Å². The van der Waals surface area contributed by atoms with Gasteiger partial charge in [0.15, 0.2) is 5.13 Å². The van der Waals surface area contributed by atoms with Crippen molar-refractivity contribution in [2.75, 3.05) is 25.6 Å². The minimum Gasteiger partial charge on any atom is -0.383 e. The van der Waals surface area contributed by atoms with E-state index in [1.165, 1.54) is 11.3 Å². The largest absolute Gasteiger partial charge is 0.383 e. The van der Waals surface area contributed by atoms with Gasteiger partial charge in [0.2, 0.25) is 0 Å². The molecule has 2 N–H and O–H groups in total. The van der Waals surface area contributed by atoms with Crippen LogP contribution >= 0.6 is 11.3 Å². The normalized spacial score (nSPS) is 10.4. The summed E-state index contributed by atoms with van der Waals surface area (Å²) in [6.07, 6.45) is 1.71. The molecule has 0 saturated heterocycles. The minimum atomic E-state index is -0.129. The van der Waals surface area contributed by atoms with Crippen molar-refractivity contribution in [1.82, 2.24) is 15.3 Å². The zero-order valence-electron chi connectivity index (χ0n) is 12.0. The van der Waals surface area contributed by atoms with Gasteiger partial charge in [0.05, 0.1) is 24.5 Å². The van der Waals surface area contributed by atoms with Crippen LogP contribution in [0.3, 0.4) is 0 Å². The maximum atomic E-state index is 12.2. The Morgan fingerprint density at radius 1 is 1.43 bits per heavy atom. The lowest BCUT2D eigenvalue weighted by Crippen LogP contribution is -2.23. The van der Waals surface area contributed by atoms with Gasteiger partial charge in [-0.25, -0.2) is 4.98 Å². The van der Waals surface area contributed by atoms with Gasteiger partial charge in [-0.3, -0.25) is 9.78 Å². The maximum Gasteiger partial charge on any atom is 0.263 e. The Balaban J connectivity index is 1.92. The molecule has 21 heavy (non-hydrogen) atoms. The summed E-state index contributed by atoms with van der Waals surface area (Å²) in [5, 5.41) is 6.71. The van der Waals surface area contributed by atoms with Crippen LogP contribution in [0, 0.1) is 6.92 Å². The molecule has 6 nitrogen and oxygen atoms in total. The van der Waals surface area contributed by atoms with Crippen LogP contribution in [0.4, 0.5) is 5.13 Å². The summed E-state index contributed by atoms with van der Waals surface area (Å²) >= 11 is 1.34. The molecule has 1 amide bonds. The minimum absolute atomic E-state index is 0.129. The van der Waals surface area contributed by atoms with Crippen molar-refractivity contribution >= 4 is 22.4 Å². The number of aromatic nitrogens is 2. The van der Waals surface area contributed by atoms with Crippen LogP contribution in [0.25, 0.3) is 0 Å². The first-order valence-electron chi connectivity index (χ1n) is 6.59. The number of carbonyl (C=O) groups excluding carboxylic acids is 1. The standard InChI is InChI=1S/C14H18N4O2S/c1-10-12(21-14(18-10)16-7-8-20-2)13(19)17-9-11-5-3-4-6-15-11/h3-6H,7-9H2,1-2H3,(H,16,18)(H,17,19). The molecule has 2 aromatic heterocycles. The van der Waals surface area contributed by atoms with E-state index in [1.807, 2.05) is 25.1 Å². The van der Waals surface area contributed by atoms with Crippen LogP contribution < -0.4 is 10.6 Å². The van der Waals surface area contributed by atoms with E-state index >= 15 is 0 Å². The van der Waals surface area contributed by atoms with E-state index in [9.17, 15) is 4.79 Å². The summed E-state index contributed by atoms with van der Waals surface area (Å²) in [7, 11) is 1.64. The molecule has 0 radical (unpaired) electrons. The van der Waals surface area contributed by atoms with E-state index in [2.05, 4.69) is 20.6 Å². The smallest absolute Gasteiger partial charge is 0.263 e. The van der Waals surface area contributed by atoms with Crippen molar-refractivity contribution in [2.45, 2.75) is 13.5 Å². The number of nitrogens with one attached hydrogen (secondary N) is 2. The molecule has 0 aliphatic carbocycles. The van der Waals surface area contributed by atoms with Gasteiger partial charge in [-0.15, -0.1) is 0 Å². The van der Waals surface area contributed by atoms with Gasteiger partial charge in [-0.05, 0) is 19.1 Å². The zero-order valence-corrected chi connectivity index (χ0v) is 12.9. The summed E-state index contributed by atoms with van der Waals surface area (Å²) in [6, 6.07) is 5.61. The molecule has 0 unspecified atom stereocenters. The van der Waals surface area contributed by atoms with Crippen molar-refractivity contribution < 1.29 is 9.53 Å². The lowest BCUT2D eigenvalue weighted by molar-refractivity contribution is 0.0953. The summed E-state index contributed by atoms with van der Waals surface area (Å²) in [6.45, 7) is 3.50. The van der Waals surface area contributed by atoms with Gasteiger partial charge in [-0.2, -0.15) is 0 Å². The molecule has 0 atom stereocenters. The monoisotopic (exact) mass is 306 g/mol. The van der Waals surface area contributed by atoms with Crippen molar-refractivity contribution in [2.24, 2.45) is 0 Å². The third-order valence-corrected chi connectivity index (χ3v) is 3.86. The fourth-order valence-corrected chi connectivity index (χ4v) is 2.60. The number of nitrogens with zero attached hydrogens (tertiary/aromatic N) is 2. The van der Waals surface area contributed by atoms with Gasteiger partial charge in [-0.1, -0.05) is 17.4 Å². The second-order valence-corrected chi connectivity index (χ2v) is 5.36. The molecule has 0 fully saturated rings. The van der Waals surface area contributed by atoms with Crippen LogP contribution in [0.2, 0.25) is 0 Å². The van der Waals surface area contributed by atoms with E-state index in [-0.39, 0.29) is 5.91 Å². The van der Waals surface area contributed by atoms with Crippen molar-refractivity contribution in [1.29, 1.82) is 0 Å². The van der Waals surface area contributed by atoms with Gasteiger partial charge < -0.3 is 15.4 Å². The zero-order chi connectivity index (χ0) is 15.1. The van der Waals surface area contributed by atoms with E-state index in [1.54, 1.807) is 13.3 Å². The Hall–Kier alpha value is -1.99. The topological polar surface area (TPSA) is 76.1 Å². The van der Waals surface area contributed by atoms with E-state index in [0.717, 1.165) is 16.5 Å². The number of methoxy groups -OCH3 is 1. The van der Waals surface area contributed by atoms with Gasteiger partial charge >= 0.3 is 0 Å². The molecule has 2 aromatic rings. The number of anilines is 1. The lowest BCUT2D eigenvalue weighted by Gasteiger charge is -2.03. The number of hydrogen-bond acceptors (Lipinski definition) is 6. The van der Waals surface area contributed by atoms with Crippen LogP contribution in [-0.4, -0.2) is 36.1 Å². The lowest BCUT2D eigenvalue weighted by atomic mass is 10.3. The van der Waals surface area contributed by atoms with Crippen LogP contribution in [0.15, 0.2) is 24.4 Å². The summed E-state index contributed by atoms with van der Waals surface area (Å²) < 4.78 is 4.96. The van der Waals surface area contributed by atoms with Gasteiger partial charge in [0.1, 0.15) is 4.88 Å². The number of hydrogen-bond donors (Lipinski definition) is 2. The quantitative estimate of drug-likeness (QED) is 0.763. The molecule has 0 aliphatic rings. The number of amides is 1. The van der Waals surface area contributed by atoms with Crippen molar-refractivity contribution in [3.63, 3.8) is 0 Å². The Morgan fingerprint density at radius 2 is 2.29 bits per heavy atom. The first kappa shape index (κ1) is 15.4. The third kappa shape index (κ3) is 4.51. The molecule has 2 rings (SSSR count). The SMILES string of the molecule is COCCNc1nc(C)c(C(=O)NCc2ccccn2)s1. The summed E-state index contributed by atoms with van der Waals surface area (Å²) in [5.74, 6) is -0.129. The Bertz CT molecular complexity index is 586. The maximum absolute atomic E-state index is 12.2. The molecule has 0 saturated carbocycles. The second-order valence-electron chi connectivity index (χ2n) is 4.36. The second kappa shape index (κ2) is 7.70. The van der Waals surface area contributed by atoms with Gasteiger partial charge in [0.25, 0.3) is 5.91 Å². The molecular formula is C14H18N4O2S. The predicted molar refractivity (Wildman–Crippen MR) is 82.6 cm³/mol. The molecule has 2 heterocycles. The molecular weight excluding hydrogens is 288 g/mol. The Kier molecular flexibility index (Phi) is 5.65. The Morgan fingerprint density at radius 3 is 3.00 bits per heavy atom. The van der Waals surface area contributed by atoms with Crippen molar-refractivity contribution in [3.05, 3.63) is 40.7 Å². The number of ether oxygens (including phenoxy) is 1. The molecule has 0 spiro atoms. The average Bonchev–Trinajstić information content (AvgIpc) is 2.87. The number of thiazole rings is 1. The van der Waals surface area contributed by atoms with Gasteiger partial charge in [0, 0.05) is 19.9 Å². The number of pyridine rings is 1. The first-order chi connectivity index (χ1) is 10.2. The highest BCUT2D eigenvalue weighted by atomic mass is 32.1. The number of aryl methyl sites for hydroxylation is 1. The molecule has 0 bridgehead atoms. The highest BCUT2D eigenvalue weighted by Crippen LogP contribution is 2.22. The van der Waals surface area contributed by atoms with Crippen molar-refractivity contribution in [3.8, 4) is 0 Å². The van der Waals surface area contributed by atoms with Crippen LogP contribution in [0.1, 0.15) is 21.1 Å². The number of rotatable bonds is 7. The van der Waals surface area contributed by atoms with E-state index < -0.39 is 0 Å². The van der Waals surface area contributed by atoms with E-state index in [0.29, 0.717) is 24.6 Å². The number of carbonyl (C=O) groups is 1. The summed E-state index contributed by atoms with van der Waals surface area (Å²) in [4.78, 5) is 21.3. The molecule has 7 heteroatoms. The molecule has 0 aromatic carbocycles. The fourth-order valence-electron chi connectivity index (χ4n) is 1.70. The average molecular weight is 306 g/mol. The van der Waals surface area contributed by atoms with Crippen LogP contribution in [0.5, 0.6) is 0 Å². The Labute approximate surface area is 127 Å². The first-order valence-corrected chi connectivity index (χ1v) is 7.40. The predicted octanol–water partition coefficient (Wildman–Crippen LogP) is 1.83. The highest BCUT2D eigenvalue weighted by Gasteiger charge is 2.14. The summed E-state index contributed by atoms with van der Waals surface area (Å²) in [5.41, 5.74) is 1.55. The molecule has 112 valence electrons. The third-order valence-electron chi connectivity index (χ3n) is 2.74.